The van der Waals surface area contributed by atoms with E-state index in [2.05, 4.69) is 21.6 Å². The zero-order chi connectivity index (χ0) is 15.8. The third kappa shape index (κ3) is 2.44. The van der Waals surface area contributed by atoms with Crippen LogP contribution < -0.4 is 11.0 Å². The van der Waals surface area contributed by atoms with Crippen LogP contribution in [0.15, 0.2) is 58.7 Å². The van der Waals surface area contributed by atoms with Gasteiger partial charge >= 0.3 is 0 Å². The van der Waals surface area contributed by atoms with Gasteiger partial charge in [-0.1, -0.05) is 6.07 Å². The smallest absolute Gasteiger partial charge is 0.250 e. The predicted octanol–water partition coefficient (Wildman–Crippen LogP) is 1.93. The van der Waals surface area contributed by atoms with Crippen LogP contribution in [0.2, 0.25) is 0 Å². The number of carbonyl (C=O) groups is 1. The molecule has 6 heteroatoms. The summed E-state index contributed by atoms with van der Waals surface area (Å²) in [5.41, 5.74) is 6.11. The number of H-pyrrole nitrogens is 1. The summed E-state index contributed by atoms with van der Waals surface area (Å²) in [7, 11) is 0. The number of amides is 1. The van der Waals surface area contributed by atoms with E-state index in [4.69, 9.17) is 0 Å². The van der Waals surface area contributed by atoms with Gasteiger partial charge in [-0.15, -0.1) is 0 Å². The molecule has 0 fully saturated rings. The Morgan fingerprint density at radius 1 is 1.04 bits per heavy atom. The first kappa shape index (κ1) is 13.5. The van der Waals surface area contributed by atoms with E-state index in [9.17, 15) is 9.59 Å². The number of pyridine rings is 1. The van der Waals surface area contributed by atoms with Gasteiger partial charge in [0, 0.05) is 36.7 Å². The first-order valence-corrected chi connectivity index (χ1v) is 7.37. The molecular weight excluding hydrogens is 292 g/mol. The number of aromatic amines is 1. The number of carbonyl (C=O) groups excluding carboxylic acids is 1. The molecule has 114 valence electrons. The van der Waals surface area contributed by atoms with E-state index >= 15 is 0 Å². The van der Waals surface area contributed by atoms with Crippen LogP contribution in [0.4, 0.5) is 0 Å². The lowest BCUT2D eigenvalue weighted by atomic mass is 10.0. The lowest BCUT2D eigenvalue weighted by Gasteiger charge is -2.12. The van der Waals surface area contributed by atoms with Crippen LogP contribution in [-0.4, -0.2) is 21.2 Å². The Labute approximate surface area is 131 Å². The maximum atomic E-state index is 11.5. The lowest BCUT2D eigenvalue weighted by molar-refractivity contribution is -0.121. The maximum Gasteiger partial charge on any atom is 0.250 e. The molecule has 1 aromatic carbocycles. The van der Waals surface area contributed by atoms with E-state index in [-0.39, 0.29) is 11.5 Å². The fourth-order valence-corrected chi connectivity index (χ4v) is 2.81. The molecule has 2 aromatic heterocycles. The normalized spacial score (nSPS) is 14.6. The van der Waals surface area contributed by atoms with Gasteiger partial charge in [0.05, 0.1) is 16.9 Å². The topological polar surface area (TPSA) is 79.2 Å². The fraction of sp³-hybridized carbons (Fsp3) is 0.118. The highest BCUT2D eigenvalue weighted by Crippen LogP contribution is 2.22. The summed E-state index contributed by atoms with van der Waals surface area (Å²) in [5.74, 6) is -0.0460. The average Bonchev–Trinajstić information content (AvgIpc) is 2.98. The Kier molecular flexibility index (Phi) is 3.08. The highest BCUT2D eigenvalue weighted by molar-refractivity contribution is 6.06. The summed E-state index contributed by atoms with van der Waals surface area (Å²) < 4.78 is 1.97. The van der Waals surface area contributed by atoms with E-state index < -0.39 is 0 Å². The number of nitrogens with zero attached hydrogens (tertiary/aromatic N) is 2. The van der Waals surface area contributed by atoms with Crippen molar-refractivity contribution in [3.8, 4) is 5.69 Å². The van der Waals surface area contributed by atoms with Gasteiger partial charge in [-0.2, -0.15) is 5.10 Å². The largest absolute Gasteiger partial charge is 0.329 e. The highest BCUT2D eigenvalue weighted by atomic mass is 16.2. The predicted molar refractivity (Wildman–Crippen MR) is 87.8 cm³/mol. The van der Waals surface area contributed by atoms with Crippen molar-refractivity contribution >= 4 is 22.5 Å². The van der Waals surface area contributed by atoms with E-state index in [1.807, 2.05) is 35.0 Å². The molecule has 1 aliphatic rings. The van der Waals surface area contributed by atoms with Crippen LogP contribution in [0.1, 0.15) is 18.4 Å². The Bertz CT molecular complexity index is 997. The number of nitrogens with one attached hydrogen (secondary N) is 2. The molecule has 0 aliphatic carbocycles. The van der Waals surface area contributed by atoms with Gasteiger partial charge in [0.25, 0.3) is 0 Å². The molecule has 3 heterocycles. The van der Waals surface area contributed by atoms with Crippen LogP contribution in [-0.2, 0) is 4.79 Å². The SMILES string of the molecule is O=C1CCC(c2ccc3c(ccn3-c3cc[nH]c(=O)c3)c2)=NN1. The van der Waals surface area contributed by atoms with Crippen molar-refractivity contribution in [2.45, 2.75) is 12.8 Å². The minimum Gasteiger partial charge on any atom is -0.329 e. The molecule has 0 radical (unpaired) electrons. The van der Waals surface area contributed by atoms with Crippen molar-refractivity contribution < 1.29 is 4.79 Å². The molecule has 0 saturated heterocycles. The Balaban J connectivity index is 1.77. The van der Waals surface area contributed by atoms with Crippen molar-refractivity contribution in [3.05, 3.63) is 64.7 Å². The number of hydrogen-bond donors (Lipinski definition) is 2. The third-order valence-electron chi connectivity index (χ3n) is 3.96. The zero-order valence-corrected chi connectivity index (χ0v) is 12.2. The minimum absolute atomic E-state index is 0.0460. The van der Waals surface area contributed by atoms with Gasteiger partial charge in [-0.3, -0.25) is 9.59 Å². The molecule has 6 nitrogen and oxygen atoms in total. The summed E-state index contributed by atoms with van der Waals surface area (Å²) in [4.78, 5) is 25.3. The van der Waals surface area contributed by atoms with E-state index in [0.717, 1.165) is 27.9 Å². The van der Waals surface area contributed by atoms with Crippen LogP contribution in [0.3, 0.4) is 0 Å². The van der Waals surface area contributed by atoms with Crippen molar-refractivity contribution in [1.29, 1.82) is 0 Å². The van der Waals surface area contributed by atoms with Crippen LogP contribution >= 0.6 is 0 Å². The third-order valence-corrected chi connectivity index (χ3v) is 3.96. The second-order valence-corrected chi connectivity index (χ2v) is 5.46. The molecule has 1 amide bonds. The van der Waals surface area contributed by atoms with Crippen LogP contribution in [0.5, 0.6) is 0 Å². The van der Waals surface area contributed by atoms with Crippen LogP contribution in [0, 0.1) is 0 Å². The number of aromatic nitrogens is 2. The zero-order valence-electron chi connectivity index (χ0n) is 12.2. The van der Waals surface area contributed by atoms with Crippen molar-refractivity contribution in [3.63, 3.8) is 0 Å². The first-order valence-electron chi connectivity index (χ1n) is 7.37. The van der Waals surface area contributed by atoms with Crippen molar-refractivity contribution in [1.82, 2.24) is 15.0 Å². The van der Waals surface area contributed by atoms with Crippen molar-refractivity contribution in [2.75, 3.05) is 0 Å². The number of rotatable bonds is 2. The minimum atomic E-state index is -0.131. The van der Waals surface area contributed by atoms with Gasteiger partial charge in [-0.25, -0.2) is 5.43 Å². The fourth-order valence-electron chi connectivity index (χ4n) is 2.81. The Morgan fingerprint density at radius 2 is 1.96 bits per heavy atom. The number of hydrazone groups is 1. The average molecular weight is 306 g/mol. The maximum absolute atomic E-state index is 11.5. The van der Waals surface area contributed by atoms with Gasteiger partial charge in [-0.05, 0) is 29.8 Å². The van der Waals surface area contributed by atoms with Gasteiger partial charge in [0.15, 0.2) is 0 Å². The van der Waals surface area contributed by atoms with E-state index in [1.165, 1.54) is 0 Å². The van der Waals surface area contributed by atoms with Crippen LogP contribution in [0.25, 0.3) is 16.6 Å². The molecule has 4 rings (SSSR count). The molecule has 0 bridgehead atoms. The molecule has 0 atom stereocenters. The lowest BCUT2D eigenvalue weighted by Crippen LogP contribution is -2.25. The van der Waals surface area contributed by atoms with E-state index in [0.29, 0.717) is 12.8 Å². The highest BCUT2D eigenvalue weighted by Gasteiger charge is 2.14. The number of benzene rings is 1. The molecule has 0 spiro atoms. The molecule has 0 saturated carbocycles. The standard InChI is InChI=1S/C17H14N4O2/c22-16-4-2-14(19-20-16)11-1-3-15-12(9-11)6-8-21(15)13-5-7-18-17(23)10-13/h1,3,5-10H,2,4H2,(H,18,23)(H,20,22). The molecular formula is C17H14N4O2. The summed E-state index contributed by atoms with van der Waals surface area (Å²) in [6.07, 6.45) is 4.68. The second-order valence-electron chi connectivity index (χ2n) is 5.46. The summed E-state index contributed by atoms with van der Waals surface area (Å²) in [6.45, 7) is 0. The molecule has 3 aromatic rings. The monoisotopic (exact) mass is 306 g/mol. The molecule has 1 aliphatic heterocycles. The number of fused-ring (bicyclic) bond motifs is 1. The Hall–Kier alpha value is -3.15. The van der Waals surface area contributed by atoms with Gasteiger partial charge < -0.3 is 9.55 Å². The quantitative estimate of drug-likeness (QED) is 0.759. The summed E-state index contributed by atoms with van der Waals surface area (Å²) >= 11 is 0. The molecule has 23 heavy (non-hydrogen) atoms. The van der Waals surface area contributed by atoms with Gasteiger partial charge in [0.2, 0.25) is 11.5 Å². The second kappa shape index (κ2) is 5.24. The Morgan fingerprint density at radius 3 is 2.74 bits per heavy atom. The first-order chi connectivity index (χ1) is 11.2. The molecule has 2 N–H and O–H groups in total. The summed E-state index contributed by atoms with van der Waals surface area (Å²) in [6, 6.07) is 11.5. The van der Waals surface area contributed by atoms with E-state index in [1.54, 1.807) is 12.3 Å². The van der Waals surface area contributed by atoms with Gasteiger partial charge in [0.1, 0.15) is 0 Å². The number of hydrogen-bond acceptors (Lipinski definition) is 3. The molecule has 0 unspecified atom stereocenters. The summed E-state index contributed by atoms with van der Waals surface area (Å²) in [5, 5.41) is 5.19. The van der Waals surface area contributed by atoms with Crippen molar-refractivity contribution in [2.24, 2.45) is 5.10 Å².